The number of fused-ring (bicyclic) bond motifs is 1. The third kappa shape index (κ3) is 2.48. The average molecular weight is 333 g/mol. The molecule has 1 N–H and O–H groups in total. The molecule has 3 atom stereocenters. The Kier molecular flexibility index (Phi) is 3.98. The molecule has 3 unspecified atom stereocenters. The lowest BCUT2D eigenvalue weighted by Crippen LogP contribution is -2.39. The van der Waals surface area contributed by atoms with Gasteiger partial charge in [-0.2, -0.15) is 4.31 Å². The number of sulfonamides is 1. The van der Waals surface area contributed by atoms with Gasteiger partial charge < -0.3 is 5.32 Å². The van der Waals surface area contributed by atoms with Crippen LogP contribution in [0.4, 0.5) is 4.39 Å². The summed E-state index contributed by atoms with van der Waals surface area (Å²) in [6.45, 7) is 4.10. The third-order valence-corrected chi connectivity index (χ3v) is 6.73. The first kappa shape index (κ1) is 15.2. The molecule has 2 saturated heterocycles. The molecule has 2 aliphatic heterocycles. The van der Waals surface area contributed by atoms with Crippen LogP contribution >= 0.6 is 11.6 Å². The standard InChI is InChI=1S/C14H18ClFN2O2S/c1-2-13-11-7-17-6-9(11)8-18(13)21(19,20)14-4-3-10(15)5-12(14)16/h3-5,9,11,13,17H,2,6-8H2,1H3. The van der Waals surface area contributed by atoms with Gasteiger partial charge in [0.15, 0.2) is 0 Å². The minimum Gasteiger partial charge on any atom is -0.316 e. The molecule has 2 fully saturated rings. The van der Waals surface area contributed by atoms with Crippen molar-refractivity contribution in [3.63, 3.8) is 0 Å². The first-order chi connectivity index (χ1) is 9.95. The Morgan fingerprint density at radius 2 is 2.19 bits per heavy atom. The van der Waals surface area contributed by atoms with E-state index in [1.807, 2.05) is 6.92 Å². The van der Waals surface area contributed by atoms with E-state index in [2.05, 4.69) is 5.32 Å². The number of rotatable bonds is 3. The van der Waals surface area contributed by atoms with Crippen LogP contribution in [0.1, 0.15) is 13.3 Å². The summed E-state index contributed by atoms with van der Waals surface area (Å²) in [5.74, 6) is -0.146. The normalized spacial score (nSPS) is 29.8. The number of benzene rings is 1. The minimum atomic E-state index is -3.82. The van der Waals surface area contributed by atoms with Gasteiger partial charge in [-0.25, -0.2) is 12.8 Å². The molecule has 0 amide bonds. The zero-order valence-corrected chi connectivity index (χ0v) is 13.3. The summed E-state index contributed by atoms with van der Waals surface area (Å²) >= 11 is 5.70. The van der Waals surface area contributed by atoms with Crippen LogP contribution < -0.4 is 5.32 Å². The predicted molar refractivity (Wildman–Crippen MR) is 79.2 cm³/mol. The highest BCUT2D eigenvalue weighted by Gasteiger charge is 2.48. The maximum absolute atomic E-state index is 14.0. The zero-order chi connectivity index (χ0) is 15.2. The van der Waals surface area contributed by atoms with Gasteiger partial charge in [-0.3, -0.25) is 0 Å². The minimum absolute atomic E-state index is 0.0647. The molecule has 0 bridgehead atoms. The topological polar surface area (TPSA) is 49.4 Å². The highest BCUT2D eigenvalue weighted by Crippen LogP contribution is 2.38. The molecular weight excluding hydrogens is 315 g/mol. The lowest BCUT2D eigenvalue weighted by molar-refractivity contribution is 0.327. The Morgan fingerprint density at radius 1 is 1.43 bits per heavy atom. The van der Waals surface area contributed by atoms with E-state index in [-0.39, 0.29) is 16.0 Å². The van der Waals surface area contributed by atoms with E-state index in [0.717, 1.165) is 25.6 Å². The fourth-order valence-electron chi connectivity index (χ4n) is 3.58. The Hall–Kier alpha value is -0.690. The smallest absolute Gasteiger partial charge is 0.246 e. The molecule has 0 radical (unpaired) electrons. The summed E-state index contributed by atoms with van der Waals surface area (Å²) in [6, 6.07) is 3.65. The quantitative estimate of drug-likeness (QED) is 0.922. The Labute approximate surface area is 129 Å². The molecule has 116 valence electrons. The van der Waals surface area contributed by atoms with E-state index in [9.17, 15) is 12.8 Å². The summed E-state index contributed by atoms with van der Waals surface area (Å²) in [5, 5.41) is 3.50. The fraction of sp³-hybridized carbons (Fsp3) is 0.571. The SMILES string of the molecule is CCC1C2CNCC2CN1S(=O)(=O)c1ccc(Cl)cc1F. The molecule has 7 heteroatoms. The summed E-state index contributed by atoms with van der Waals surface area (Å²) in [7, 11) is -3.82. The highest BCUT2D eigenvalue weighted by molar-refractivity contribution is 7.89. The van der Waals surface area contributed by atoms with Crippen LogP contribution in [0.3, 0.4) is 0 Å². The highest BCUT2D eigenvalue weighted by atomic mass is 35.5. The molecule has 0 aliphatic carbocycles. The van der Waals surface area contributed by atoms with Crippen LogP contribution in [0.15, 0.2) is 23.1 Å². The van der Waals surface area contributed by atoms with Gasteiger partial charge in [-0.15, -0.1) is 0 Å². The molecule has 2 heterocycles. The van der Waals surface area contributed by atoms with Gasteiger partial charge in [0.05, 0.1) is 0 Å². The Bertz CT molecular complexity index is 652. The molecule has 0 spiro atoms. The molecule has 4 nitrogen and oxygen atoms in total. The molecule has 1 aromatic rings. The van der Waals surface area contributed by atoms with Crippen molar-refractivity contribution in [2.75, 3.05) is 19.6 Å². The van der Waals surface area contributed by atoms with Crippen molar-refractivity contribution in [2.24, 2.45) is 11.8 Å². The van der Waals surface area contributed by atoms with Crippen molar-refractivity contribution in [1.82, 2.24) is 9.62 Å². The first-order valence-electron chi connectivity index (χ1n) is 7.12. The van der Waals surface area contributed by atoms with Gasteiger partial charge in [-0.05, 0) is 49.5 Å². The van der Waals surface area contributed by atoms with Gasteiger partial charge in [0.25, 0.3) is 0 Å². The van der Waals surface area contributed by atoms with Crippen molar-refractivity contribution in [3.05, 3.63) is 29.0 Å². The lowest BCUT2D eigenvalue weighted by Gasteiger charge is -2.26. The molecule has 0 aromatic heterocycles. The maximum atomic E-state index is 14.0. The van der Waals surface area contributed by atoms with Crippen molar-refractivity contribution < 1.29 is 12.8 Å². The summed E-state index contributed by atoms with van der Waals surface area (Å²) in [4.78, 5) is -0.279. The number of halogens is 2. The summed E-state index contributed by atoms with van der Waals surface area (Å²) in [5.41, 5.74) is 0. The number of hydrogen-bond donors (Lipinski definition) is 1. The second-order valence-corrected chi connectivity index (χ2v) is 8.00. The van der Waals surface area contributed by atoms with Gasteiger partial charge in [0, 0.05) is 17.6 Å². The second-order valence-electron chi connectivity index (χ2n) is 5.71. The van der Waals surface area contributed by atoms with Crippen LogP contribution in [0, 0.1) is 17.7 Å². The predicted octanol–water partition coefficient (Wildman–Crippen LogP) is 2.10. The van der Waals surface area contributed by atoms with E-state index >= 15 is 0 Å². The monoisotopic (exact) mass is 332 g/mol. The van der Waals surface area contributed by atoms with Crippen LogP contribution in [0.2, 0.25) is 5.02 Å². The largest absolute Gasteiger partial charge is 0.316 e. The van der Waals surface area contributed by atoms with Gasteiger partial charge in [0.1, 0.15) is 10.7 Å². The molecule has 2 aliphatic rings. The number of hydrogen-bond acceptors (Lipinski definition) is 3. The van der Waals surface area contributed by atoms with Crippen LogP contribution in [-0.4, -0.2) is 38.4 Å². The van der Waals surface area contributed by atoms with Crippen molar-refractivity contribution in [3.8, 4) is 0 Å². The van der Waals surface area contributed by atoms with Gasteiger partial charge in [0.2, 0.25) is 10.0 Å². The van der Waals surface area contributed by atoms with Crippen molar-refractivity contribution in [2.45, 2.75) is 24.3 Å². The maximum Gasteiger partial charge on any atom is 0.246 e. The molecule has 1 aromatic carbocycles. The average Bonchev–Trinajstić information content (AvgIpc) is 2.97. The van der Waals surface area contributed by atoms with E-state index in [1.165, 1.54) is 16.4 Å². The van der Waals surface area contributed by atoms with E-state index in [4.69, 9.17) is 11.6 Å². The van der Waals surface area contributed by atoms with E-state index in [0.29, 0.717) is 18.4 Å². The van der Waals surface area contributed by atoms with Crippen LogP contribution in [-0.2, 0) is 10.0 Å². The molecule has 3 rings (SSSR count). The second kappa shape index (κ2) is 5.50. The molecule has 0 saturated carbocycles. The number of nitrogens with zero attached hydrogens (tertiary/aromatic N) is 1. The molecular formula is C14H18ClFN2O2S. The third-order valence-electron chi connectivity index (χ3n) is 4.57. The van der Waals surface area contributed by atoms with E-state index < -0.39 is 15.8 Å². The van der Waals surface area contributed by atoms with Gasteiger partial charge >= 0.3 is 0 Å². The summed E-state index contributed by atoms with van der Waals surface area (Å²) < 4.78 is 41.1. The molecule has 21 heavy (non-hydrogen) atoms. The fourth-order valence-corrected chi connectivity index (χ4v) is 5.58. The van der Waals surface area contributed by atoms with E-state index in [1.54, 1.807) is 0 Å². The van der Waals surface area contributed by atoms with Crippen LogP contribution in [0.5, 0.6) is 0 Å². The Balaban J connectivity index is 1.98. The van der Waals surface area contributed by atoms with Crippen molar-refractivity contribution in [1.29, 1.82) is 0 Å². The zero-order valence-electron chi connectivity index (χ0n) is 11.7. The lowest BCUT2D eigenvalue weighted by atomic mass is 9.93. The first-order valence-corrected chi connectivity index (χ1v) is 8.94. The number of nitrogens with one attached hydrogen (secondary N) is 1. The van der Waals surface area contributed by atoms with Gasteiger partial charge in [-0.1, -0.05) is 18.5 Å². The summed E-state index contributed by atoms with van der Waals surface area (Å²) in [6.07, 6.45) is 0.733. The van der Waals surface area contributed by atoms with Crippen molar-refractivity contribution >= 4 is 21.6 Å². The Morgan fingerprint density at radius 3 is 2.86 bits per heavy atom. The van der Waals surface area contributed by atoms with Crippen LogP contribution in [0.25, 0.3) is 0 Å².